The van der Waals surface area contributed by atoms with Crippen LogP contribution in [0.3, 0.4) is 0 Å². The summed E-state index contributed by atoms with van der Waals surface area (Å²) in [5.41, 5.74) is 4.51. The Morgan fingerprint density at radius 1 is 1.23 bits per heavy atom. The van der Waals surface area contributed by atoms with E-state index in [9.17, 15) is 4.39 Å². The number of rotatable bonds is 3. The molecule has 5 heteroatoms. The van der Waals surface area contributed by atoms with Gasteiger partial charge in [-0.05, 0) is 36.6 Å². The molecule has 2 aromatic carbocycles. The molecule has 0 amide bonds. The standard InChI is InChI=1S/C21H18ClFN2O/c1-14-6-7-15(10-18(14)23)12-25-9-8-17(20-11-24-13-26-20)21(22)16-4-2-3-5-19(16)25/h2-7,10-11,13H,8-9,12H2,1H3. The molecule has 0 saturated carbocycles. The smallest absolute Gasteiger partial charge is 0.181 e. The summed E-state index contributed by atoms with van der Waals surface area (Å²) >= 11 is 6.73. The van der Waals surface area contributed by atoms with Gasteiger partial charge < -0.3 is 9.32 Å². The molecule has 132 valence electrons. The molecule has 0 aliphatic carbocycles. The third-order valence-electron chi connectivity index (χ3n) is 4.72. The molecule has 0 saturated heterocycles. The van der Waals surface area contributed by atoms with Gasteiger partial charge in [-0.1, -0.05) is 41.9 Å². The van der Waals surface area contributed by atoms with E-state index in [1.165, 1.54) is 6.39 Å². The van der Waals surface area contributed by atoms with Crippen molar-refractivity contribution in [2.45, 2.75) is 19.9 Å². The lowest BCUT2D eigenvalue weighted by molar-refractivity contribution is 0.542. The first-order valence-corrected chi connectivity index (χ1v) is 8.88. The fourth-order valence-corrected chi connectivity index (χ4v) is 3.64. The van der Waals surface area contributed by atoms with Gasteiger partial charge in [0.05, 0.1) is 11.2 Å². The third-order valence-corrected chi connectivity index (χ3v) is 5.15. The van der Waals surface area contributed by atoms with Crippen LogP contribution in [0.1, 0.15) is 28.9 Å². The minimum absolute atomic E-state index is 0.177. The molecule has 1 aliphatic heterocycles. The highest BCUT2D eigenvalue weighted by atomic mass is 35.5. The SMILES string of the molecule is Cc1ccc(CN2CCC(c3cnco3)=C(Cl)c3ccccc32)cc1F. The van der Waals surface area contributed by atoms with E-state index in [1.54, 1.807) is 19.2 Å². The summed E-state index contributed by atoms with van der Waals surface area (Å²) in [5, 5.41) is 0.676. The van der Waals surface area contributed by atoms with Crippen LogP contribution in [0.15, 0.2) is 59.5 Å². The lowest BCUT2D eigenvalue weighted by Gasteiger charge is -2.25. The van der Waals surface area contributed by atoms with Gasteiger partial charge in [0, 0.05) is 29.9 Å². The van der Waals surface area contributed by atoms with Crippen LogP contribution in [-0.2, 0) is 6.54 Å². The summed E-state index contributed by atoms with van der Waals surface area (Å²) in [7, 11) is 0. The second-order valence-corrected chi connectivity index (χ2v) is 6.81. The quantitative estimate of drug-likeness (QED) is 0.599. The van der Waals surface area contributed by atoms with Crippen LogP contribution in [-0.4, -0.2) is 11.5 Å². The number of hydrogen-bond acceptors (Lipinski definition) is 3. The average molecular weight is 369 g/mol. The highest BCUT2D eigenvalue weighted by Crippen LogP contribution is 2.40. The molecular formula is C21H18ClFN2O. The van der Waals surface area contributed by atoms with Crippen LogP contribution in [0, 0.1) is 12.7 Å². The van der Waals surface area contributed by atoms with Crippen LogP contribution < -0.4 is 4.90 Å². The van der Waals surface area contributed by atoms with Gasteiger partial charge in [-0.15, -0.1) is 0 Å². The summed E-state index contributed by atoms with van der Waals surface area (Å²) in [5.74, 6) is 0.511. The van der Waals surface area contributed by atoms with Crippen molar-refractivity contribution in [3.8, 4) is 0 Å². The molecular weight excluding hydrogens is 351 g/mol. The fourth-order valence-electron chi connectivity index (χ4n) is 3.29. The lowest BCUT2D eigenvalue weighted by Crippen LogP contribution is -2.24. The minimum atomic E-state index is -0.177. The zero-order chi connectivity index (χ0) is 18.1. The number of para-hydroxylation sites is 1. The highest BCUT2D eigenvalue weighted by Gasteiger charge is 2.23. The number of benzene rings is 2. The second kappa shape index (κ2) is 6.96. The molecule has 4 rings (SSSR count). The maximum absolute atomic E-state index is 14.0. The molecule has 0 spiro atoms. The van der Waals surface area contributed by atoms with Gasteiger partial charge in [-0.2, -0.15) is 0 Å². The molecule has 3 aromatic rings. The van der Waals surface area contributed by atoms with Crippen LogP contribution in [0.4, 0.5) is 10.1 Å². The van der Waals surface area contributed by atoms with Crippen molar-refractivity contribution in [3.63, 3.8) is 0 Å². The fraction of sp³-hybridized carbons (Fsp3) is 0.190. The van der Waals surface area contributed by atoms with E-state index in [0.717, 1.165) is 35.4 Å². The predicted octanol–water partition coefficient (Wildman–Crippen LogP) is 5.64. The summed E-state index contributed by atoms with van der Waals surface area (Å²) in [6.45, 7) is 3.13. The highest BCUT2D eigenvalue weighted by molar-refractivity contribution is 6.53. The number of oxazole rings is 1. The van der Waals surface area contributed by atoms with Crippen LogP contribution in [0.25, 0.3) is 10.6 Å². The maximum atomic E-state index is 14.0. The summed E-state index contributed by atoms with van der Waals surface area (Å²) in [4.78, 5) is 6.24. The largest absolute Gasteiger partial charge is 0.444 e. The van der Waals surface area contributed by atoms with Crippen molar-refractivity contribution in [3.05, 3.63) is 83.3 Å². The molecule has 0 radical (unpaired) electrons. The Labute approximate surface area is 156 Å². The molecule has 0 bridgehead atoms. The van der Waals surface area contributed by atoms with Gasteiger partial charge in [0.25, 0.3) is 0 Å². The van der Waals surface area contributed by atoms with E-state index in [0.29, 0.717) is 22.9 Å². The van der Waals surface area contributed by atoms with Gasteiger partial charge in [-0.25, -0.2) is 9.37 Å². The second-order valence-electron chi connectivity index (χ2n) is 6.43. The predicted molar refractivity (Wildman–Crippen MR) is 102 cm³/mol. The number of halogens is 2. The Morgan fingerprint density at radius 3 is 2.85 bits per heavy atom. The van der Waals surface area contributed by atoms with Gasteiger partial charge in [0.15, 0.2) is 12.2 Å². The Morgan fingerprint density at radius 2 is 2.08 bits per heavy atom. The van der Waals surface area contributed by atoms with Crippen LogP contribution in [0.2, 0.25) is 0 Å². The molecule has 1 aliphatic rings. The lowest BCUT2D eigenvalue weighted by atomic mass is 10.1. The van der Waals surface area contributed by atoms with Crippen LogP contribution >= 0.6 is 11.6 Å². The molecule has 0 fully saturated rings. The first kappa shape index (κ1) is 16.9. The average Bonchev–Trinajstić information content (AvgIpc) is 3.14. The topological polar surface area (TPSA) is 29.3 Å². The molecule has 26 heavy (non-hydrogen) atoms. The Hall–Kier alpha value is -2.59. The molecule has 0 N–H and O–H groups in total. The summed E-state index contributed by atoms with van der Waals surface area (Å²) in [6, 6.07) is 13.4. The Bertz CT molecular complexity index is 966. The first-order valence-electron chi connectivity index (χ1n) is 8.50. The van der Waals surface area contributed by atoms with Crippen molar-refractivity contribution in [1.82, 2.24) is 4.98 Å². The summed E-state index contributed by atoms with van der Waals surface area (Å²) < 4.78 is 19.4. The zero-order valence-electron chi connectivity index (χ0n) is 14.4. The van der Waals surface area contributed by atoms with E-state index in [-0.39, 0.29) is 5.82 Å². The van der Waals surface area contributed by atoms with Crippen molar-refractivity contribution in [2.75, 3.05) is 11.4 Å². The number of hydrogen-bond donors (Lipinski definition) is 0. The number of aryl methyl sites for hydroxylation is 1. The molecule has 0 unspecified atom stereocenters. The van der Waals surface area contributed by atoms with Gasteiger partial charge >= 0.3 is 0 Å². The van der Waals surface area contributed by atoms with E-state index >= 15 is 0 Å². The Kier molecular flexibility index (Phi) is 4.51. The number of anilines is 1. The van der Waals surface area contributed by atoms with E-state index in [1.807, 2.05) is 36.4 Å². The van der Waals surface area contributed by atoms with E-state index in [4.69, 9.17) is 16.0 Å². The van der Waals surface area contributed by atoms with Crippen molar-refractivity contribution < 1.29 is 8.81 Å². The third kappa shape index (κ3) is 3.13. The minimum Gasteiger partial charge on any atom is -0.444 e. The number of nitrogens with zero attached hydrogens (tertiary/aromatic N) is 2. The normalized spacial score (nSPS) is 14.3. The first-order chi connectivity index (χ1) is 12.6. The number of fused-ring (bicyclic) bond motifs is 1. The number of aromatic nitrogens is 1. The van der Waals surface area contributed by atoms with Crippen molar-refractivity contribution in [2.24, 2.45) is 0 Å². The van der Waals surface area contributed by atoms with Gasteiger partial charge in [-0.3, -0.25) is 0 Å². The van der Waals surface area contributed by atoms with Gasteiger partial charge in [0.2, 0.25) is 0 Å². The molecule has 2 heterocycles. The van der Waals surface area contributed by atoms with Crippen molar-refractivity contribution in [1.29, 1.82) is 0 Å². The molecule has 3 nitrogen and oxygen atoms in total. The Balaban J connectivity index is 1.72. The van der Waals surface area contributed by atoms with E-state index < -0.39 is 0 Å². The zero-order valence-corrected chi connectivity index (χ0v) is 15.1. The molecule has 0 atom stereocenters. The monoisotopic (exact) mass is 368 g/mol. The maximum Gasteiger partial charge on any atom is 0.181 e. The summed E-state index contributed by atoms with van der Waals surface area (Å²) in [6.07, 6.45) is 3.82. The van der Waals surface area contributed by atoms with Crippen LogP contribution in [0.5, 0.6) is 0 Å². The molecule has 1 aromatic heterocycles. The van der Waals surface area contributed by atoms with Crippen molar-refractivity contribution >= 4 is 27.9 Å². The van der Waals surface area contributed by atoms with Gasteiger partial charge in [0.1, 0.15) is 5.82 Å². The van der Waals surface area contributed by atoms with E-state index in [2.05, 4.69) is 9.88 Å².